The molecule has 6 heteroatoms. The summed E-state index contributed by atoms with van der Waals surface area (Å²) in [4.78, 5) is 31.4. The normalized spacial score (nSPS) is 18.1. The van der Waals surface area contributed by atoms with Crippen LogP contribution >= 0.6 is 0 Å². The van der Waals surface area contributed by atoms with Gasteiger partial charge in [0.25, 0.3) is 5.91 Å². The van der Waals surface area contributed by atoms with Crippen LogP contribution in [0.2, 0.25) is 0 Å². The first-order valence-corrected chi connectivity index (χ1v) is 7.18. The molecule has 2 N–H and O–H groups in total. The van der Waals surface area contributed by atoms with E-state index in [9.17, 15) is 9.59 Å². The second kappa shape index (κ2) is 6.11. The molecule has 1 saturated heterocycles. The van der Waals surface area contributed by atoms with Gasteiger partial charge in [0.15, 0.2) is 0 Å². The van der Waals surface area contributed by atoms with Crippen LogP contribution in [0.5, 0.6) is 0 Å². The van der Waals surface area contributed by atoms with Crippen molar-refractivity contribution in [3.05, 3.63) is 23.9 Å². The molecule has 1 atom stereocenters. The second-order valence-corrected chi connectivity index (χ2v) is 5.74. The Labute approximate surface area is 124 Å². The van der Waals surface area contributed by atoms with Crippen molar-refractivity contribution in [3.8, 4) is 0 Å². The zero-order chi connectivity index (χ0) is 15.6. The molecule has 0 aromatic carbocycles. The highest BCUT2D eigenvalue weighted by Crippen LogP contribution is 2.22. The molecule has 0 radical (unpaired) electrons. The van der Waals surface area contributed by atoms with E-state index in [0.717, 1.165) is 25.3 Å². The lowest BCUT2D eigenvalue weighted by Gasteiger charge is -2.26. The Bertz CT molecular complexity index is 544. The Balaban J connectivity index is 2.07. The number of nitrogens with two attached hydrogens (primary N) is 1. The van der Waals surface area contributed by atoms with E-state index in [1.54, 1.807) is 12.1 Å². The van der Waals surface area contributed by atoms with E-state index >= 15 is 0 Å². The molecule has 1 aliphatic rings. The van der Waals surface area contributed by atoms with Crippen LogP contribution in [0.1, 0.15) is 30.8 Å². The van der Waals surface area contributed by atoms with Crippen LogP contribution in [0, 0.1) is 5.92 Å². The van der Waals surface area contributed by atoms with Gasteiger partial charge in [-0.15, -0.1) is 0 Å². The average Bonchev–Trinajstić information content (AvgIpc) is 2.95. The number of carbonyl (C=O) groups is 2. The third kappa shape index (κ3) is 3.32. The molecule has 2 amide bonds. The molecule has 2 rings (SSSR count). The molecule has 6 nitrogen and oxygen atoms in total. The number of hydrogen-bond acceptors (Lipinski definition) is 4. The van der Waals surface area contributed by atoms with E-state index in [0.29, 0.717) is 0 Å². The lowest BCUT2D eigenvalue weighted by Crippen LogP contribution is -2.41. The maximum absolute atomic E-state index is 12.0. The standard InChI is InChI=1S/C15H22N4O2/c1-10(2)15(21)18(3)11-7-8-19(9-11)13-6-4-5-12(17-13)14(16)20/h4-6,10-11H,7-9H2,1-3H3,(H2,16,20). The third-order valence-corrected chi connectivity index (χ3v) is 3.86. The first-order valence-electron chi connectivity index (χ1n) is 7.18. The Morgan fingerprint density at radius 3 is 2.76 bits per heavy atom. The molecule has 1 aliphatic heterocycles. The molecule has 114 valence electrons. The Morgan fingerprint density at radius 2 is 2.14 bits per heavy atom. The van der Waals surface area contributed by atoms with Gasteiger partial charge in [-0.1, -0.05) is 19.9 Å². The quantitative estimate of drug-likeness (QED) is 0.892. The van der Waals surface area contributed by atoms with Gasteiger partial charge < -0.3 is 15.5 Å². The van der Waals surface area contributed by atoms with Crippen molar-refractivity contribution in [1.29, 1.82) is 0 Å². The minimum atomic E-state index is -0.528. The van der Waals surface area contributed by atoms with Crippen molar-refractivity contribution in [1.82, 2.24) is 9.88 Å². The van der Waals surface area contributed by atoms with Gasteiger partial charge in [0.05, 0.1) is 6.04 Å². The van der Waals surface area contributed by atoms with Gasteiger partial charge in [-0.3, -0.25) is 9.59 Å². The van der Waals surface area contributed by atoms with Crippen molar-refractivity contribution in [3.63, 3.8) is 0 Å². The summed E-state index contributed by atoms with van der Waals surface area (Å²) in [5.74, 6) is 0.361. The molecular weight excluding hydrogens is 268 g/mol. The number of anilines is 1. The largest absolute Gasteiger partial charge is 0.364 e. The summed E-state index contributed by atoms with van der Waals surface area (Å²) < 4.78 is 0. The maximum atomic E-state index is 12.0. The predicted molar refractivity (Wildman–Crippen MR) is 81.0 cm³/mol. The third-order valence-electron chi connectivity index (χ3n) is 3.86. The summed E-state index contributed by atoms with van der Waals surface area (Å²) in [6, 6.07) is 5.42. The van der Waals surface area contributed by atoms with E-state index in [1.165, 1.54) is 0 Å². The summed E-state index contributed by atoms with van der Waals surface area (Å²) >= 11 is 0. The minimum absolute atomic E-state index is 0.000338. The zero-order valence-electron chi connectivity index (χ0n) is 12.7. The van der Waals surface area contributed by atoms with E-state index in [-0.39, 0.29) is 23.6 Å². The topological polar surface area (TPSA) is 79.5 Å². The van der Waals surface area contributed by atoms with Crippen molar-refractivity contribution < 1.29 is 9.59 Å². The van der Waals surface area contributed by atoms with Crippen molar-refractivity contribution in [2.75, 3.05) is 25.0 Å². The maximum Gasteiger partial charge on any atom is 0.267 e. The van der Waals surface area contributed by atoms with Crippen molar-refractivity contribution >= 4 is 17.6 Å². The molecule has 0 saturated carbocycles. The fourth-order valence-corrected chi connectivity index (χ4v) is 2.59. The van der Waals surface area contributed by atoms with Gasteiger partial charge in [-0.05, 0) is 18.6 Å². The van der Waals surface area contributed by atoms with E-state index in [2.05, 4.69) is 9.88 Å². The van der Waals surface area contributed by atoms with Crippen LogP contribution in [0.4, 0.5) is 5.82 Å². The first-order chi connectivity index (χ1) is 9.90. The number of hydrogen-bond donors (Lipinski definition) is 1. The fraction of sp³-hybridized carbons (Fsp3) is 0.533. The van der Waals surface area contributed by atoms with E-state index in [4.69, 9.17) is 5.73 Å². The molecule has 21 heavy (non-hydrogen) atoms. The summed E-state index contributed by atoms with van der Waals surface area (Å²) in [6.45, 7) is 5.35. The highest BCUT2D eigenvalue weighted by molar-refractivity contribution is 5.91. The SMILES string of the molecule is CC(C)C(=O)N(C)C1CCN(c2cccc(C(N)=O)n2)C1. The van der Waals surface area contributed by atoms with Crippen LogP contribution < -0.4 is 10.6 Å². The van der Waals surface area contributed by atoms with Crippen molar-refractivity contribution in [2.45, 2.75) is 26.3 Å². The number of pyridine rings is 1. The molecule has 1 fully saturated rings. The number of amides is 2. The summed E-state index contributed by atoms with van der Waals surface area (Å²) in [7, 11) is 1.85. The number of rotatable bonds is 4. The monoisotopic (exact) mass is 290 g/mol. The van der Waals surface area contributed by atoms with E-state index < -0.39 is 5.91 Å². The number of likely N-dealkylation sites (N-methyl/N-ethyl adjacent to an activating group) is 1. The Hall–Kier alpha value is -2.11. The molecule has 1 unspecified atom stereocenters. The molecule has 2 heterocycles. The lowest BCUT2D eigenvalue weighted by atomic mass is 10.1. The molecule has 0 bridgehead atoms. The van der Waals surface area contributed by atoms with Gasteiger partial charge in [0.1, 0.15) is 11.5 Å². The smallest absolute Gasteiger partial charge is 0.267 e. The van der Waals surface area contributed by atoms with Gasteiger partial charge in [-0.25, -0.2) is 4.98 Å². The predicted octanol–water partition coefficient (Wildman–Crippen LogP) is 0.874. The molecule has 0 spiro atoms. The van der Waals surface area contributed by atoms with Gasteiger partial charge in [0.2, 0.25) is 5.91 Å². The number of carbonyl (C=O) groups excluding carboxylic acids is 2. The molecular formula is C15H22N4O2. The molecule has 0 aliphatic carbocycles. The number of aromatic nitrogens is 1. The highest BCUT2D eigenvalue weighted by Gasteiger charge is 2.30. The fourth-order valence-electron chi connectivity index (χ4n) is 2.59. The van der Waals surface area contributed by atoms with Gasteiger partial charge in [-0.2, -0.15) is 0 Å². The number of primary amides is 1. The van der Waals surface area contributed by atoms with Crippen LogP contribution in [0.15, 0.2) is 18.2 Å². The summed E-state index contributed by atoms with van der Waals surface area (Å²) in [6.07, 6.45) is 0.900. The van der Waals surface area contributed by atoms with Crippen LogP contribution in [0.25, 0.3) is 0 Å². The van der Waals surface area contributed by atoms with Gasteiger partial charge in [0, 0.05) is 26.1 Å². The zero-order valence-corrected chi connectivity index (χ0v) is 12.7. The number of nitrogens with zero attached hydrogens (tertiary/aromatic N) is 3. The van der Waals surface area contributed by atoms with Crippen LogP contribution in [-0.2, 0) is 4.79 Å². The Morgan fingerprint density at radius 1 is 1.43 bits per heavy atom. The summed E-state index contributed by atoms with van der Waals surface area (Å²) in [5, 5.41) is 0. The molecule has 1 aromatic rings. The van der Waals surface area contributed by atoms with Crippen molar-refractivity contribution in [2.24, 2.45) is 11.7 Å². The van der Waals surface area contributed by atoms with E-state index in [1.807, 2.05) is 31.9 Å². The summed E-state index contributed by atoms with van der Waals surface area (Å²) in [5.41, 5.74) is 5.52. The highest BCUT2D eigenvalue weighted by atomic mass is 16.2. The van der Waals surface area contributed by atoms with Crippen LogP contribution in [0.3, 0.4) is 0 Å². The second-order valence-electron chi connectivity index (χ2n) is 5.74. The lowest BCUT2D eigenvalue weighted by molar-refractivity contribution is -0.134. The average molecular weight is 290 g/mol. The Kier molecular flexibility index (Phi) is 4.45. The molecule has 1 aromatic heterocycles. The minimum Gasteiger partial charge on any atom is -0.364 e. The van der Waals surface area contributed by atoms with Crippen LogP contribution in [-0.4, -0.2) is 47.9 Å². The first kappa shape index (κ1) is 15.3. The van der Waals surface area contributed by atoms with Gasteiger partial charge >= 0.3 is 0 Å².